The molecule has 0 aliphatic rings. The molecule has 0 radical (unpaired) electrons. The minimum atomic E-state index is -3.67. The van der Waals surface area contributed by atoms with Gasteiger partial charge in [0.15, 0.2) is 0 Å². The van der Waals surface area contributed by atoms with Crippen molar-refractivity contribution in [3.05, 3.63) is 53.6 Å². The monoisotopic (exact) mass is 329 g/mol. The number of anilines is 1. The highest BCUT2D eigenvalue weighted by Crippen LogP contribution is 2.23. The predicted octanol–water partition coefficient (Wildman–Crippen LogP) is 2.28. The van der Waals surface area contributed by atoms with Crippen LogP contribution in [0.15, 0.2) is 47.4 Å². The fourth-order valence-electron chi connectivity index (χ4n) is 2.21. The van der Waals surface area contributed by atoms with Crippen molar-refractivity contribution in [3.8, 4) is 11.4 Å². The fourth-order valence-corrected chi connectivity index (χ4v) is 3.59. The molecular weight excluding hydrogens is 314 g/mol. The third-order valence-corrected chi connectivity index (χ3v) is 4.87. The number of aryl methyl sites for hydroxylation is 2. The Morgan fingerprint density at radius 3 is 2.65 bits per heavy atom. The molecule has 7 nitrogen and oxygen atoms in total. The van der Waals surface area contributed by atoms with E-state index in [1.807, 2.05) is 13.0 Å². The Kier molecular flexibility index (Phi) is 3.83. The number of aromatic amines is 1. The van der Waals surface area contributed by atoms with Crippen LogP contribution in [0.2, 0.25) is 0 Å². The molecule has 1 heterocycles. The first-order valence-electron chi connectivity index (χ1n) is 6.90. The van der Waals surface area contributed by atoms with E-state index in [0.717, 1.165) is 5.56 Å². The number of hydrogen-bond donors (Lipinski definition) is 2. The third kappa shape index (κ3) is 3.21. The molecule has 0 atom stereocenters. The van der Waals surface area contributed by atoms with Gasteiger partial charge in [-0.15, -0.1) is 10.2 Å². The van der Waals surface area contributed by atoms with Crippen LogP contribution in [-0.4, -0.2) is 29.0 Å². The van der Waals surface area contributed by atoms with Crippen LogP contribution in [0.1, 0.15) is 11.1 Å². The van der Waals surface area contributed by atoms with Gasteiger partial charge in [-0.1, -0.05) is 24.3 Å². The Morgan fingerprint density at radius 1 is 1.09 bits per heavy atom. The largest absolute Gasteiger partial charge is 0.280 e. The first kappa shape index (κ1) is 15.2. The molecule has 2 aromatic carbocycles. The molecule has 0 aliphatic carbocycles. The molecule has 0 fully saturated rings. The van der Waals surface area contributed by atoms with Crippen LogP contribution in [0.25, 0.3) is 11.4 Å². The zero-order valence-corrected chi connectivity index (χ0v) is 13.4. The maximum Gasteiger partial charge on any atom is 0.262 e. The highest BCUT2D eigenvalue weighted by atomic mass is 32.2. The van der Waals surface area contributed by atoms with E-state index in [9.17, 15) is 8.42 Å². The normalized spacial score (nSPS) is 11.4. The van der Waals surface area contributed by atoms with Crippen molar-refractivity contribution < 1.29 is 8.42 Å². The molecule has 3 rings (SSSR count). The van der Waals surface area contributed by atoms with Crippen LogP contribution in [0.4, 0.5) is 5.69 Å². The van der Waals surface area contributed by atoms with Crippen molar-refractivity contribution in [1.29, 1.82) is 0 Å². The quantitative estimate of drug-likeness (QED) is 0.765. The lowest BCUT2D eigenvalue weighted by Crippen LogP contribution is -2.14. The van der Waals surface area contributed by atoms with Crippen molar-refractivity contribution in [2.45, 2.75) is 18.7 Å². The zero-order chi connectivity index (χ0) is 16.4. The minimum Gasteiger partial charge on any atom is -0.280 e. The molecule has 0 saturated heterocycles. The maximum atomic E-state index is 12.6. The van der Waals surface area contributed by atoms with Gasteiger partial charge < -0.3 is 0 Å². The minimum absolute atomic E-state index is 0.266. The second-order valence-electron chi connectivity index (χ2n) is 5.19. The highest BCUT2D eigenvalue weighted by Gasteiger charge is 2.17. The van der Waals surface area contributed by atoms with Gasteiger partial charge in [0.05, 0.1) is 4.90 Å². The highest BCUT2D eigenvalue weighted by molar-refractivity contribution is 7.92. The SMILES string of the molecule is Cc1ccc(C)c(S(=O)(=O)Nc2cccc(-c3nn[nH]n3)c2)c1. The molecule has 3 aromatic rings. The number of H-pyrrole nitrogens is 1. The molecule has 1 aromatic heterocycles. The lowest BCUT2D eigenvalue weighted by molar-refractivity contribution is 0.600. The second kappa shape index (κ2) is 5.81. The summed E-state index contributed by atoms with van der Waals surface area (Å²) in [5.41, 5.74) is 2.68. The van der Waals surface area contributed by atoms with Crippen molar-refractivity contribution in [3.63, 3.8) is 0 Å². The Hall–Kier alpha value is -2.74. The van der Waals surface area contributed by atoms with Gasteiger partial charge in [0.2, 0.25) is 5.82 Å². The first-order valence-corrected chi connectivity index (χ1v) is 8.38. The van der Waals surface area contributed by atoms with Crippen molar-refractivity contribution in [1.82, 2.24) is 20.6 Å². The molecule has 0 amide bonds. The molecular formula is C15H15N5O2S. The molecule has 2 N–H and O–H groups in total. The summed E-state index contributed by atoms with van der Waals surface area (Å²) in [6, 6.07) is 12.2. The standard InChI is InChI=1S/C15H15N5O2S/c1-10-6-7-11(2)14(8-10)23(21,22)18-13-5-3-4-12(9-13)15-16-19-20-17-15/h3-9,18H,1-2H3,(H,16,17,19,20). The summed E-state index contributed by atoms with van der Waals surface area (Å²) in [4.78, 5) is 0.266. The van der Waals surface area contributed by atoms with E-state index in [4.69, 9.17) is 0 Å². The van der Waals surface area contributed by atoms with Crippen LogP contribution in [0.3, 0.4) is 0 Å². The maximum absolute atomic E-state index is 12.6. The summed E-state index contributed by atoms with van der Waals surface area (Å²) in [5.74, 6) is 0.401. The summed E-state index contributed by atoms with van der Waals surface area (Å²) >= 11 is 0. The first-order chi connectivity index (χ1) is 11.0. The van der Waals surface area contributed by atoms with Crippen LogP contribution < -0.4 is 4.72 Å². The summed E-state index contributed by atoms with van der Waals surface area (Å²) in [7, 11) is -3.67. The van der Waals surface area contributed by atoms with Crippen molar-refractivity contribution in [2.75, 3.05) is 4.72 Å². The molecule has 0 saturated carbocycles. The van der Waals surface area contributed by atoms with Crippen LogP contribution in [-0.2, 0) is 10.0 Å². The summed E-state index contributed by atoms with van der Waals surface area (Å²) in [6.45, 7) is 3.62. The summed E-state index contributed by atoms with van der Waals surface area (Å²) < 4.78 is 27.8. The van der Waals surface area contributed by atoms with Gasteiger partial charge in [0, 0.05) is 11.3 Å². The van der Waals surface area contributed by atoms with Gasteiger partial charge in [-0.05, 0) is 48.4 Å². The summed E-state index contributed by atoms with van der Waals surface area (Å²) in [5, 5.41) is 13.6. The second-order valence-corrected chi connectivity index (χ2v) is 6.84. The zero-order valence-electron chi connectivity index (χ0n) is 12.6. The van der Waals surface area contributed by atoms with Gasteiger partial charge in [-0.25, -0.2) is 8.42 Å². The number of sulfonamides is 1. The van der Waals surface area contributed by atoms with E-state index >= 15 is 0 Å². The van der Waals surface area contributed by atoms with E-state index < -0.39 is 10.0 Å². The molecule has 8 heteroatoms. The van der Waals surface area contributed by atoms with Gasteiger partial charge in [0.25, 0.3) is 10.0 Å². The van der Waals surface area contributed by atoms with Crippen LogP contribution >= 0.6 is 0 Å². The van der Waals surface area contributed by atoms with E-state index in [-0.39, 0.29) is 4.90 Å². The molecule has 118 valence electrons. The average molecular weight is 329 g/mol. The van der Waals surface area contributed by atoms with Gasteiger partial charge in [0.1, 0.15) is 0 Å². The van der Waals surface area contributed by atoms with Gasteiger partial charge in [-0.2, -0.15) is 5.21 Å². The number of nitrogens with zero attached hydrogens (tertiary/aromatic N) is 3. The van der Waals surface area contributed by atoms with E-state index in [2.05, 4.69) is 25.3 Å². The number of hydrogen-bond acceptors (Lipinski definition) is 5. The Bertz CT molecular complexity index is 936. The Balaban J connectivity index is 1.95. The van der Waals surface area contributed by atoms with Crippen LogP contribution in [0.5, 0.6) is 0 Å². The average Bonchev–Trinajstić information content (AvgIpc) is 3.04. The smallest absolute Gasteiger partial charge is 0.262 e. The van der Waals surface area contributed by atoms with Gasteiger partial charge >= 0.3 is 0 Å². The van der Waals surface area contributed by atoms with Crippen molar-refractivity contribution >= 4 is 15.7 Å². The number of rotatable bonds is 4. The van der Waals surface area contributed by atoms with Gasteiger partial charge in [-0.3, -0.25) is 4.72 Å². The topological polar surface area (TPSA) is 101 Å². The molecule has 0 bridgehead atoms. The lowest BCUT2D eigenvalue weighted by atomic mass is 10.2. The lowest BCUT2D eigenvalue weighted by Gasteiger charge is -2.11. The molecule has 23 heavy (non-hydrogen) atoms. The Labute approximate surface area is 133 Å². The number of benzene rings is 2. The Morgan fingerprint density at radius 2 is 1.91 bits per heavy atom. The molecule has 0 spiro atoms. The summed E-state index contributed by atoms with van der Waals surface area (Å²) in [6.07, 6.45) is 0. The number of nitrogens with one attached hydrogen (secondary N) is 2. The molecule has 0 unspecified atom stereocenters. The van der Waals surface area contributed by atoms with Crippen molar-refractivity contribution in [2.24, 2.45) is 0 Å². The fraction of sp³-hybridized carbons (Fsp3) is 0.133. The van der Waals surface area contributed by atoms with E-state index in [1.54, 1.807) is 43.3 Å². The predicted molar refractivity (Wildman–Crippen MR) is 86.3 cm³/mol. The van der Waals surface area contributed by atoms with Crippen LogP contribution in [0, 0.1) is 13.8 Å². The molecule has 0 aliphatic heterocycles. The third-order valence-electron chi connectivity index (χ3n) is 3.35. The number of aromatic nitrogens is 4. The van der Waals surface area contributed by atoms with E-state index in [1.165, 1.54) is 0 Å². The number of tetrazole rings is 1. The van der Waals surface area contributed by atoms with E-state index in [0.29, 0.717) is 22.6 Å².